The van der Waals surface area contributed by atoms with Crippen LogP contribution in [0.15, 0.2) is 72.8 Å². The van der Waals surface area contributed by atoms with E-state index in [4.69, 9.17) is 0 Å². The van der Waals surface area contributed by atoms with Crippen molar-refractivity contribution in [2.45, 2.75) is 32.0 Å². The SMILES string of the molecule is C[C@]1(C(=O)NCc2ccccc2)Cc2ccccc2C(=O)N1Cc1cc(F)cc(F)c1. The third kappa shape index (κ3) is 4.19. The number of nitrogens with zero attached hydrogens (tertiary/aromatic N) is 1. The highest BCUT2D eigenvalue weighted by atomic mass is 19.1. The third-order valence-corrected chi connectivity index (χ3v) is 5.67. The number of fused-ring (bicyclic) bond motifs is 1. The van der Waals surface area contributed by atoms with Gasteiger partial charge in [-0.05, 0) is 41.8 Å². The molecule has 31 heavy (non-hydrogen) atoms. The summed E-state index contributed by atoms with van der Waals surface area (Å²) in [5.41, 5.74) is 1.26. The average molecular weight is 420 g/mol. The van der Waals surface area contributed by atoms with Gasteiger partial charge in [-0.1, -0.05) is 48.5 Å². The second-order valence-corrected chi connectivity index (χ2v) is 7.95. The molecule has 1 aliphatic rings. The van der Waals surface area contributed by atoms with Crippen molar-refractivity contribution < 1.29 is 18.4 Å². The Morgan fingerprint density at radius 2 is 1.61 bits per heavy atom. The maximum atomic E-state index is 13.8. The minimum Gasteiger partial charge on any atom is -0.350 e. The van der Waals surface area contributed by atoms with Gasteiger partial charge in [0.05, 0.1) is 0 Å². The van der Waals surface area contributed by atoms with E-state index in [2.05, 4.69) is 5.32 Å². The van der Waals surface area contributed by atoms with Crippen LogP contribution in [0.25, 0.3) is 0 Å². The third-order valence-electron chi connectivity index (χ3n) is 5.67. The molecule has 158 valence electrons. The molecular formula is C25H22F2N2O2. The van der Waals surface area contributed by atoms with E-state index in [-0.39, 0.29) is 23.9 Å². The summed E-state index contributed by atoms with van der Waals surface area (Å²) in [5.74, 6) is -2.12. The smallest absolute Gasteiger partial charge is 0.255 e. The molecule has 4 rings (SSSR count). The van der Waals surface area contributed by atoms with Crippen LogP contribution in [0.5, 0.6) is 0 Å². The monoisotopic (exact) mass is 420 g/mol. The zero-order valence-corrected chi connectivity index (χ0v) is 17.1. The number of carbonyl (C=O) groups is 2. The fourth-order valence-corrected chi connectivity index (χ4v) is 4.02. The number of hydrogen-bond acceptors (Lipinski definition) is 2. The second kappa shape index (κ2) is 8.30. The molecule has 1 aliphatic heterocycles. The Labute approximate surface area is 179 Å². The maximum Gasteiger partial charge on any atom is 0.255 e. The van der Waals surface area contributed by atoms with Gasteiger partial charge < -0.3 is 10.2 Å². The summed E-state index contributed by atoms with van der Waals surface area (Å²) in [5, 5.41) is 2.92. The molecule has 0 saturated carbocycles. The Balaban J connectivity index is 1.67. The van der Waals surface area contributed by atoms with E-state index >= 15 is 0 Å². The standard InChI is InChI=1S/C25H22F2N2O2/c1-25(24(31)28-15-17-7-3-2-4-8-17)14-19-9-5-6-10-22(19)23(30)29(25)16-18-11-20(26)13-21(27)12-18/h2-13H,14-16H2,1H3,(H,28,31)/t25-/m1/s1. The van der Waals surface area contributed by atoms with E-state index in [9.17, 15) is 18.4 Å². The molecule has 1 atom stereocenters. The van der Waals surface area contributed by atoms with Crippen LogP contribution < -0.4 is 5.32 Å². The van der Waals surface area contributed by atoms with Crippen molar-refractivity contribution >= 4 is 11.8 Å². The van der Waals surface area contributed by atoms with Gasteiger partial charge in [-0.3, -0.25) is 9.59 Å². The van der Waals surface area contributed by atoms with Gasteiger partial charge in [-0.25, -0.2) is 8.78 Å². The summed E-state index contributed by atoms with van der Waals surface area (Å²) < 4.78 is 27.5. The highest BCUT2D eigenvalue weighted by Crippen LogP contribution is 2.33. The van der Waals surface area contributed by atoms with Crippen molar-refractivity contribution in [1.82, 2.24) is 10.2 Å². The first-order chi connectivity index (χ1) is 14.9. The number of benzene rings is 3. The first kappa shape index (κ1) is 20.7. The number of nitrogens with one attached hydrogen (secondary N) is 1. The minimum atomic E-state index is -1.22. The fourth-order valence-electron chi connectivity index (χ4n) is 4.02. The van der Waals surface area contributed by atoms with Gasteiger partial charge in [-0.2, -0.15) is 0 Å². The lowest BCUT2D eigenvalue weighted by Crippen LogP contribution is -2.62. The van der Waals surface area contributed by atoms with Gasteiger partial charge in [0.25, 0.3) is 5.91 Å². The quantitative estimate of drug-likeness (QED) is 0.671. The van der Waals surface area contributed by atoms with Gasteiger partial charge in [0.2, 0.25) is 5.91 Å². The summed E-state index contributed by atoms with van der Waals surface area (Å²) in [6.45, 7) is 1.92. The molecule has 6 heteroatoms. The lowest BCUT2D eigenvalue weighted by atomic mass is 9.82. The summed E-state index contributed by atoms with van der Waals surface area (Å²) in [6, 6.07) is 19.7. The van der Waals surface area contributed by atoms with Crippen molar-refractivity contribution in [3.63, 3.8) is 0 Å². The first-order valence-corrected chi connectivity index (χ1v) is 10.0. The largest absolute Gasteiger partial charge is 0.350 e. The van der Waals surface area contributed by atoms with E-state index in [0.717, 1.165) is 17.2 Å². The van der Waals surface area contributed by atoms with Gasteiger partial charge in [-0.15, -0.1) is 0 Å². The molecule has 0 aliphatic carbocycles. The summed E-state index contributed by atoms with van der Waals surface area (Å²) in [7, 11) is 0. The van der Waals surface area contributed by atoms with Crippen LogP contribution in [0.4, 0.5) is 8.78 Å². The van der Waals surface area contributed by atoms with Gasteiger partial charge in [0.1, 0.15) is 17.2 Å². The number of carbonyl (C=O) groups excluding carboxylic acids is 2. The van der Waals surface area contributed by atoms with Crippen LogP contribution in [0.1, 0.15) is 34.0 Å². The van der Waals surface area contributed by atoms with Crippen LogP contribution in [0.2, 0.25) is 0 Å². The van der Waals surface area contributed by atoms with E-state index in [1.807, 2.05) is 42.5 Å². The van der Waals surface area contributed by atoms with Gasteiger partial charge in [0.15, 0.2) is 0 Å². The predicted molar refractivity (Wildman–Crippen MR) is 113 cm³/mol. The van der Waals surface area contributed by atoms with Gasteiger partial charge >= 0.3 is 0 Å². The van der Waals surface area contributed by atoms with E-state index in [1.54, 1.807) is 19.1 Å². The molecule has 2 amide bonds. The van der Waals surface area contributed by atoms with E-state index in [0.29, 0.717) is 18.5 Å². The van der Waals surface area contributed by atoms with Crippen molar-refractivity contribution in [1.29, 1.82) is 0 Å². The van der Waals surface area contributed by atoms with Crippen LogP contribution in [0.3, 0.4) is 0 Å². The molecule has 1 heterocycles. The first-order valence-electron chi connectivity index (χ1n) is 10.0. The number of rotatable bonds is 5. The Kier molecular flexibility index (Phi) is 5.55. The maximum absolute atomic E-state index is 13.8. The van der Waals surface area contributed by atoms with Crippen LogP contribution >= 0.6 is 0 Å². The van der Waals surface area contributed by atoms with E-state index in [1.165, 1.54) is 17.0 Å². The summed E-state index contributed by atoms with van der Waals surface area (Å²) in [6.07, 6.45) is 0.299. The van der Waals surface area contributed by atoms with Crippen LogP contribution in [0, 0.1) is 11.6 Å². The van der Waals surface area contributed by atoms with Gasteiger partial charge in [0, 0.05) is 31.1 Å². The molecule has 0 fully saturated rings. The lowest BCUT2D eigenvalue weighted by molar-refractivity contribution is -0.132. The molecule has 0 unspecified atom stereocenters. The molecule has 4 nitrogen and oxygen atoms in total. The fraction of sp³-hybridized carbons (Fsp3) is 0.200. The average Bonchev–Trinajstić information content (AvgIpc) is 2.75. The molecule has 1 N–H and O–H groups in total. The predicted octanol–water partition coefficient (Wildman–Crippen LogP) is 4.24. The zero-order chi connectivity index (χ0) is 22.0. The molecule has 3 aromatic rings. The summed E-state index contributed by atoms with van der Waals surface area (Å²) in [4.78, 5) is 28.1. The molecule has 0 spiro atoms. The number of halogens is 2. The van der Waals surface area contributed by atoms with Crippen molar-refractivity contribution in [3.05, 3.63) is 107 Å². The minimum absolute atomic E-state index is 0.0862. The lowest BCUT2D eigenvalue weighted by Gasteiger charge is -2.44. The number of amides is 2. The van der Waals surface area contributed by atoms with Crippen LogP contribution in [-0.2, 0) is 24.3 Å². The van der Waals surface area contributed by atoms with Crippen molar-refractivity contribution in [2.75, 3.05) is 0 Å². The topological polar surface area (TPSA) is 49.4 Å². The summed E-state index contributed by atoms with van der Waals surface area (Å²) >= 11 is 0. The molecular weight excluding hydrogens is 398 g/mol. The van der Waals surface area contributed by atoms with Crippen molar-refractivity contribution in [3.8, 4) is 0 Å². The Morgan fingerprint density at radius 1 is 0.968 bits per heavy atom. The number of hydrogen-bond donors (Lipinski definition) is 1. The molecule has 0 bridgehead atoms. The second-order valence-electron chi connectivity index (χ2n) is 7.95. The highest BCUT2D eigenvalue weighted by molar-refractivity contribution is 6.02. The molecule has 0 saturated heterocycles. The van der Waals surface area contributed by atoms with E-state index < -0.39 is 17.2 Å². The molecule has 3 aromatic carbocycles. The zero-order valence-electron chi connectivity index (χ0n) is 17.1. The van der Waals surface area contributed by atoms with Crippen molar-refractivity contribution in [2.24, 2.45) is 0 Å². The normalized spacial score (nSPS) is 17.9. The Hall–Kier alpha value is -3.54. The van der Waals surface area contributed by atoms with Crippen LogP contribution in [-0.4, -0.2) is 22.3 Å². The molecule has 0 aromatic heterocycles. The Morgan fingerprint density at radius 3 is 2.32 bits per heavy atom. The Bertz CT molecular complexity index is 1110. The molecule has 0 radical (unpaired) electrons. The highest BCUT2D eigenvalue weighted by Gasteiger charge is 2.46.